The van der Waals surface area contributed by atoms with Crippen molar-refractivity contribution in [3.8, 4) is 0 Å². The Morgan fingerprint density at radius 2 is 1.74 bits per heavy atom. The zero-order valence-electron chi connectivity index (χ0n) is 25.0. The summed E-state index contributed by atoms with van der Waals surface area (Å²) in [7, 11) is 1.63. The number of urea groups is 1. The summed E-state index contributed by atoms with van der Waals surface area (Å²) in [6, 6.07) is 25.9. The topological polar surface area (TPSA) is 89.3 Å². The van der Waals surface area contributed by atoms with E-state index in [4.69, 9.17) is 27.6 Å². The van der Waals surface area contributed by atoms with Gasteiger partial charge in [-0.1, -0.05) is 77.8 Å². The predicted octanol–water partition coefficient (Wildman–Crippen LogP) is 6.07. The fourth-order valence-electron chi connectivity index (χ4n) is 6.51. The normalized spacial score (nSPS) is 18.4. The van der Waals surface area contributed by atoms with E-state index in [9.17, 15) is 14.4 Å². The molecule has 46 heavy (non-hydrogen) atoms. The van der Waals surface area contributed by atoms with Gasteiger partial charge < -0.3 is 19.5 Å². The van der Waals surface area contributed by atoms with Crippen molar-refractivity contribution in [3.63, 3.8) is 0 Å². The highest BCUT2D eigenvalue weighted by atomic mass is 35.5. The lowest BCUT2D eigenvalue weighted by atomic mass is 9.98. The SMILES string of the molecule is CN(C(=O)NCc1ccc(Cl)c(Cl)c1)N1CC(=O)N2[C@@H](Cc3ccc4occc4c3)C(=O)N(Cc3cccc4ccccc34)C[C@@H]21. The van der Waals surface area contributed by atoms with Crippen molar-refractivity contribution in [1.29, 1.82) is 0 Å². The Bertz CT molecular complexity index is 1970. The zero-order chi connectivity index (χ0) is 31.9. The van der Waals surface area contributed by atoms with Gasteiger partial charge in [0.25, 0.3) is 0 Å². The molecular weight excluding hydrogens is 625 g/mol. The third-order valence-corrected chi connectivity index (χ3v) is 9.60. The second kappa shape index (κ2) is 12.3. The van der Waals surface area contributed by atoms with Gasteiger partial charge >= 0.3 is 6.03 Å². The van der Waals surface area contributed by atoms with Crippen molar-refractivity contribution in [3.05, 3.63) is 118 Å². The molecule has 5 aromatic rings. The molecule has 1 aromatic heterocycles. The molecule has 0 unspecified atom stereocenters. The molecule has 0 saturated carbocycles. The van der Waals surface area contributed by atoms with E-state index in [1.54, 1.807) is 41.4 Å². The van der Waals surface area contributed by atoms with Gasteiger partial charge in [0.2, 0.25) is 11.8 Å². The van der Waals surface area contributed by atoms with E-state index < -0.39 is 12.2 Å². The second-order valence-electron chi connectivity index (χ2n) is 11.7. The van der Waals surface area contributed by atoms with E-state index >= 15 is 0 Å². The van der Waals surface area contributed by atoms with Gasteiger partial charge in [0.1, 0.15) is 17.8 Å². The summed E-state index contributed by atoms with van der Waals surface area (Å²) in [6.45, 7) is 0.807. The minimum absolute atomic E-state index is 0.0337. The van der Waals surface area contributed by atoms with Gasteiger partial charge in [0.05, 0.1) is 29.4 Å². The number of hydrogen-bond acceptors (Lipinski definition) is 5. The van der Waals surface area contributed by atoms with E-state index in [0.29, 0.717) is 23.0 Å². The van der Waals surface area contributed by atoms with Crippen LogP contribution in [0.4, 0.5) is 4.79 Å². The number of hydrogen-bond donors (Lipinski definition) is 1. The number of nitrogens with one attached hydrogen (secondary N) is 1. The number of amides is 4. The van der Waals surface area contributed by atoms with E-state index in [2.05, 4.69) is 23.5 Å². The fourth-order valence-corrected chi connectivity index (χ4v) is 6.83. The van der Waals surface area contributed by atoms with Crippen LogP contribution >= 0.6 is 23.2 Å². The first-order chi connectivity index (χ1) is 22.3. The molecule has 4 amide bonds. The van der Waals surface area contributed by atoms with Crippen molar-refractivity contribution in [2.75, 3.05) is 20.1 Å². The number of carbonyl (C=O) groups excluding carboxylic acids is 3. The number of piperazine rings is 1. The summed E-state index contributed by atoms with van der Waals surface area (Å²) < 4.78 is 5.51. The Kier molecular flexibility index (Phi) is 8.06. The van der Waals surface area contributed by atoms with Crippen LogP contribution in [-0.4, -0.2) is 70.0 Å². The van der Waals surface area contributed by atoms with Gasteiger partial charge in [0, 0.05) is 31.9 Å². The Hall–Kier alpha value is -4.57. The van der Waals surface area contributed by atoms with Crippen molar-refractivity contribution < 1.29 is 18.8 Å². The van der Waals surface area contributed by atoms with Crippen LogP contribution in [0.2, 0.25) is 10.0 Å². The molecule has 3 heterocycles. The molecule has 234 valence electrons. The third-order valence-electron chi connectivity index (χ3n) is 8.86. The first-order valence-electron chi connectivity index (χ1n) is 15.0. The van der Waals surface area contributed by atoms with Crippen LogP contribution in [0.25, 0.3) is 21.7 Å². The summed E-state index contributed by atoms with van der Waals surface area (Å²) in [5.41, 5.74) is 3.47. The zero-order valence-corrected chi connectivity index (χ0v) is 26.5. The molecule has 4 aromatic carbocycles. The van der Waals surface area contributed by atoms with Gasteiger partial charge in [-0.05, 0) is 57.8 Å². The summed E-state index contributed by atoms with van der Waals surface area (Å²) in [4.78, 5) is 44.8. The molecule has 0 bridgehead atoms. The minimum atomic E-state index is -0.747. The van der Waals surface area contributed by atoms with Crippen LogP contribution < -0.4 is 5.32 Å². The van der Waals surface area contributed by atoms with Crippen LogP contribution in [0.5, 0.6) is 0 Å². The largest absolute Gasteiger partial charge is 0.464 e. The number of halogens is 2. The molecule has 2 atom stereocenters. The lowest BCUT2D eigenvalue weighted by molar-refractivity contribution is -0.157. The van der Waals surface area contributed by atoms with Gasteiger partial charge in [-0.25, -0.2) is 4.79 Å². The summed E-state index contributed by atoms with van der Waals surface area (Å²) in [5, 5.41) is 9.99. The predicted molar refractivity (Wildman–Crippen MR) is 177 cm³/mol. The van der Waals surface area contributed by atoms with Crippen molar-refractivity contribution in [2.24, 2.45) is 0 Å². The lowest BCUT2D eigenvalue weighted by Gasteiger charge is -2.46. The third kappa shape index (κ3) is 5.66. The molecule has 2 fully saturated rings. The van der Waals surface area contributed by atoms with Crippen LogP contribution in [-0.2, 0) is 29.1 Å². The maximum Gasteiger partial charge on any atom is 0.332 e. The number of hydrazine groups is 1. The van der Waals surface area contributed by atoms with E-state index in [1.807, 2.05) is 53.4 Å². The molecule has 9 nitrogen and oxygen atoms in total. The quantitative estimate of drug-likeness (QED) is 0.230. The first kappa shape index (κ1) is 30.1. The van der Waals surface area contributed by atoms with Crippen LogP contribution in [0.15, 0.2) is 95.6 Å². The summed E-state index contributed by atoms with van der Waals surface area (Å²) in [5.74, 6) is -0.333. The van der Waals surface area contributed by atoms with E-state index in [-0.39, 0.29) is 37.5 Å². The van der Waals surface area contributed by atoms with Crippen LogP contribution in [0, 0.1) is 0 Å². The van der Waals surface area contributed by atoms with Crippen molar-refractivity contribution in [1.82, 2.24) is 25.1 Å². The molecule has 0 spiro atoms. The maximum atomic E-state index is 14.3. The molecule has 0 radical (unpaired) electrons. The standard InChI is InChI=1S/C35H31Cl2N5O4/c1-39(35(45)38-18-23-9-11-28(36)29(37)16-23)41-21-33(43)42-30(17-22-10-12-31-25(15-22)13-14-46-31)34(44)40(20-32(41)42)19-26-7-4-6-24-5-2-3-8-27(24)26/h2-16,30,32H,17-21H2,1H3,(H,38,45)/t30-,32+/m0/s1. The van der Waals surface area contributed by atoms with E-state index in [1.165, 1.54) is 5.01 Å². The second-order valence-corrected chi connectivity index (χ2v) is 12.5. The Labute approximate surface area is 275 Å². The van der Waals surface area contributed by atoms with Crippen molar-refractivity contribution in [2.45, 2.75) is 31.7 Å². The summed E-state index contributed by atoms with van der Waals surface area (Å²) >= 11 is 12.2. The molecule has 2 aliphatic rings. The molecular formula is C35H31Cl2N5O4. The van der Waals surface area contributed by atoms with E-state index in [0.717, 1.165) is 38.4 Å². The minimum Gasteiger partial charge on any atom is -0.464 e. The van der Waals surface area contributed by atoms with Crippen molar-refractivity contribution >= 4 is 62.8 Å². The highest BCUT2D eigenvalue weighted by Gasteiger charge is 2.51. The molecule has 2 aliphatic heterocycles. The Morgan fingerprint density at radius 1 is 0.935 bits per heavy atom. The first-order valence-corrected chi connectivity index (χ1v) is 15.8. The fraction of sp³-hybridized carbons (Fsp3) is 0.229. The monoisotopic (exact) mass is 655 g/mol. The van der Waals surface area contributed by atoms with Gasteiger partial charge in [-0.15, -0.1) is 0 Å². The van der Waals surface area contributed by atoms with Crippen LogP contribution in [0.1, 0.15) is 16.7 Å². The smallest absolute Gasteiger partial charge is 0.332 e. The summed E-state index contributed by atoms with van der Waals surface area (Å²) in [6.07, 6.45) is 1.42. The number of rotatable bonds is 7. The molecule has 2 saturated heterocycles. The molecule has 7 rings (SSSR count). The molecule has 1 N–H and O–H groups in total. The average molecular weight is 657 g/mol. The van der Waals surface area contributed by atoms with Crippen LogP contribution in [0.3, 0.4) is 0 Å². The number of benzene rings is 4. The number of fused-ring (bicyclic) bond motifs is 3. The van der Waals surface area contributed by atoms with Gasteiger partial charge in [-0.2, -0.15) is 5.01 Å². The highest BCUT2D eigenvalue weighted by molar-refractivity contribution is 6.42. The number of furan rings is 1. The highest BCUT2D eigenvalue weighted by Crippen LogP contribution is 2.32. The molecule has 11 heteroatoms. The lowest BCUT2D eigenvalue weighted by Crippen LogP contribution is -2.65. The van der Waals surface area contributed by atoms with Gasteiger partial charge in [0.15, 0.2) is 0 Å². The Morgan fingerprint density at radius 3 is 2.59 bits per heavy atom. The number of carbonyl (C=O) groups is 3. The Balaban J connectivity index is 1.17. The average Bonchev–Trinajstić information content (AvgIpc) is 3.66. The van der Waals surface area contributed by atoms with Gasteiger partial charge in [-0.3, -0.25) is 14.6 Å². The maximum absolute atomic E-state index is 14.3. The number of nitrogens with zero attached hydrogens (tertiary/aromatic N) is 4. The molecule has 0 aliphatic carbocycles.